The monoisotopic (exact) mass is 315 g/mol. The molecule has 0 spiro atoms. The van der Waals surface area contributed by atoms with Crippen molar-refractivity contribution in [1.29, 1.82) is 0 Å². The molecule has 3 heterocycles. The summed E-state index contributed by atoms with van der Waals surface area (Å²) >= 11 is 1.76. The van der Waals surface area contributed by atoms with Crippen molar-refractivity contribution in [3.63, 3.8) is 0 Å². The SMILES string of the molecule is Cc1ccc(-c2cccc3c2oc2ccc4ccsc4c23)nc1. The van der Waals surface area contributed by atoms with E-state index in [9.17, 15) is 0 Å². The van der Waals surface area contributed by atoms with Gasteiger partial charge in [0, 0.05) is 27.2 Å². The highest BCUT2D eigenvalue weighted by atomic mass is 32.1. The Kier molecular flexibility index (Phi) is 2.61. The quantitative estimate of drug-likeness (QED) is 0.369. The number of thiophene rings is 1. The minimum absolute atomic E-state index is 0.916. The minimum atomic E-state index is 0.916. The van der Waals surface area contributed by atoms with E-state index in [0.717, 1.165) is 33.4 Å². The van der Waals surface area contributed by atoms with E-state index in [4.69, 9.17) is 4.42 Å². The lowest BCUT2D eigenvalue weighted by Gasteiger charge is -2.02. The second kappa shape index (κ2) is 4.67. The van der Waals surface area contributed by atoms with Crippen molar-refractivity contribution in [2.45, 2.75) is 6.92 Å². The fraction of sp³-hybridized carbons (Fsp3) is 0.0500. The second-order valence-corrected chi connectivity index (χ2v) is 6.70. The van der Waals surface area contributed by atoms with Gasteiger partial charge in [0.05, 0.1) is 5.69 Å². The fourth-order valence-electron chi connectivity index (χ4n) is 3.14. The third-order valence-corrected chi connectivity index (χ3v) is 5.21. The Bertz CT molecular complexity index is 1170. The maximum Gasteiger partial charge on any atom is 0.144 e. The maximum absolute atomic E-state index is 6.21. The van der Waals surface area contributed by atoms with Gasteiger partial charge in [-0.25, -0.2) is 0 Å². The van der Waals surface area contributed by atoms with E-state index in [-0.39, 0.29) is 0 Å². The number of pyridine rings is 1. The predicted octanol–water partition coefficient (Wildman–Crippen LogP) is 6.17. The zero-order valence-corrected chi connectivity index (χ0v) is 13.4. The molecule has 5 rings (SSSR count). The number of aryl methyl sites for hydroxylation is 1. The number of para-hydroxylation sites is 1. The Morgan fingerprint density at radius 1 is 1.00 bits per heavy atom. The van der Waals surface area contributed by atoms with Crippen molar-refractivity contribution in [2.75, 3.05) is 0 Å². The molecule has 0 amide bonds. The molecule has 0 atom stereocenters. The van der Waals surface area contributed by atoms with Crippen LogP contribution in [0.25, 0.3) is 43.3 Å². The van der Waals surface area contributed by atoms with Crippen molar-refractivity contribution in [3.05, 3.63) is 65.7 Å². The molecule has 110 valence electrons. The van der Waals surface area contributed by atoms with E-state index in [0.29, 0.717) is 0 Å². The molecule has 0 aliphatic rings. The van der Waals surface area contributed by atoms with Gasteiger partial charge in [0.15, 0.2) is 0 Å². The minimum Gasteiger partial charge on any atom is -0.455 e. The molecule has 2 nitrogen and oxygen atoms in total. The largest absolute Gasteiger partial charge is 0.455 e. The molecule has 0 fully saturated rings. The van der Waals surface area contributed by atoms with Gasteiger partial charge in [-0.3, -0.25) is 4.98 Å². The summed E-state index contributed by atoms with van der Waals surface area (Å²) < 4.78 is 7.50. The van der Waals surface area contributed by atoms with Gasteiger partial charge in [0.1, 0.15) is 11.2 Å². The van der Waals surface area contributed by atoms with Gasteiger partial charge in [0.2, 0.25) is 0 Å². The van der Waals surface area contributed by atoms with Crippen LogP contribution in [0.3, 0.4) is 0 Å². The van der Waals surface area contributed by atoms with Crippen molar-refractivity contribution in [1.82, 2.24) is 4.98 Å². The molecule has 5 aromatic rings. The average Bonchev–Trinajstić information content (AvgIpc) is 3.18. The molecule has 0 unspecified atom stereocenters. The number of hydrogen-bond donors (Lipinski definition) is 0. The summed E-state index contributed by atoms with van der Waals surface area (Å²) in [5, 5.41) is 5.77. The Labute approximate surface area is 137 Å². The lowest BCUT2D eigenvalue weighted by molar-refractivity contribution is 0.670. The summed E-state index contributed by atoms with van der Waals surface area (Å²) in [5.41, 5.74) is 5.01. The van der Waals surface area contributed by atoms with Gasteiger partial charge in [-0.15, -0.1) is 11.3 Å². The standard InChI is InChI=1S/C20H13NOS/c1-12-5-7-16(21-11-12)14-3-2-4-15-18-17(22-19(14)15)8-6-13-9-10-23-20(13)18/h2-11H,1H3. The van der Waals surface area contributed by atoms with Gasteiger partial charge >= 0.3 is 0 Å². The van der Waals surface area contributed by atoms with Gasteiger partial charge in [-0.2, -0.15) is 0 Å². The van der Waals surface area contributed by atoms with Crippen LogP contribution in [0.4, 0.5) is 0 Å². The summed E-state index contributed by atoms with van der Waals surface area (Å²) in [4.78, 5) is 4.56. The first-order chi connectivity index (χ1) is 11.3. The molecule has 23 heavy (non-hydrogen) atoms. The van der Waals surface area contributed by atoms with Crippen molar-refractivity contribution >= 4 is 43.4 Å². The van der Waals surface area contributed by atoms with Gasteiger partial charge in [-0.1, -0.05) is 18.2 Å². The highest BCUT2D eigenvalue weighted by molar-refractivity contribution is 7.18. The van der Waals surface area contributed by atoms with E-state index < -0.39 is 0 Å². The molecule has 0 saturated heterocycles. The summed E-state index contributed by atoms with van der Waals surface area (Å²) in [6, 6.07) is 16.8. The number of benzene rings is 2. The van der Waals surface area contributed by atoms with E-state index in [1.54, 1.807) is 11.3 Å². The molecule has 3 heteroatoms. The van der Waals surface area contributed by atoms with Crippen LogP contribution in [-0.2, 0) is 0 Å². The molecular weight excluding hydrogens is 302 g/mol. The Hall–Kier alpha value is -2.65. The normalized spacial score (nSPS) is 11.7. The van der Waals surface area contributed by atoms with E-state index >= 15 is 0 Å². The van der Waals surface area contributed by atoms with Gasteiger partial charge < -0.3 is 4.42 Å². The van der Waals surface area contributed by atoms with Crippen LogP contribution < -0.4 is 0 Å². The average molecular weight is 315 g/mol. The highest BCUT2D eigenvalue weighted by Gasteiger charge is 2.15. The summed E-state index contributed by atoms with van der Waals surface area (Å²) in [7, 11) is 0. The number of fused-ring (bicyclic) bond motifs is 5. The smallest absolute Gasteiger partial charge is 0.144 e. The fourth-order valence-corrected chi connectivity index (χ4v) is 4.09. The first-order valence-electron chi connectivity index (χ1n) is 7.56. The Morgan fingerprint density at radius 2 is 1.96 bits per heavy atom. The number of furan rings is 1. The molecule has 0 saturated carbocycles. The third-order valence-electron chi connectivity index (χ3n) is 4.27. The van der Waals surface area contributed by atoms with E-state index in [1.807, 2.05) is 13.1 Å². The lowest BCUT2D eigenvalue weighted by atomic mass is 10.1. The second-order valence-electron chi connectivity index (χ2n) is 5.78. The molecule has 3 aromatic heterocycles. The molecular formula is C20H13NOS. The van der Waals surface area contributed by atoms with Crippen molar-refractivity contribution in [3.8, 4) is 11.3 Å². The van der Waals surface area contributed by atoms with Crippen LogP contribution in [-0.4, -0.2) is 4.98 Å². The first kappa shape index (κ1) is 12.9. The van der Waals surface area contributed by atoms with Crippen LogP contribution in [0.15, 0.2) is 64.5 Å². The molecule has 0 bridgehead atoms. The number of aromatic nitrogens is 1. The van der Waals surface area contributed by atoms with Gasteiger partial charge in [-0.05, 0) is 53.6 Å². The first-order valence-corrected chi connectivity index (χ1v) is 8.44. The summed E-state index contributed by atoms with van der Waals surface area (Å²) in [6.45, 7) is 2.05. The number of rotatable bonds is 1. The van der Waals surface area contributed by atoms with Crippen molar-refractivity contribution in [2.24, 2.45) is 0 Å². The third kappa shape index (κ3) is 1.83. The predicted molar refractivity (Wildman–Crippen MR) is 97.1 cm³/mol. The Morgan fingerprint density at radius 3 is 2.83 bits per heavy atom. The van der Waals surface area contributed by atoms with Crippen LogP contribution >= 0.6 is 11.3 Å². The lowest BCUT2D eigenvalue weighted by Crippen LogP contribution is -1.84. The topological polar surface area (TPSA) is 26.0 Å². The van der Waals surface area contributed by atoms with Crippen molar-refractivity contribution < 1.29 is 4.42 Å². The molecule has 0 aliphatic heterocycles. The zero-order chi connectivity index (χ0) is 15.4. The van der Waals surface area contributed by atoms with Crippen LogP contribution in [0, 0.1) is 6.92 Å². The summed E-state index contributed by atoms with van der Waals surface area (Å²) in [5.74, 6) is 0. The maximum atomic E-state index is 6.21. The highest BCUT2D eigenvalue weighted by Crippen LogP contribution is 2.40. The van der Waals surface area contributed by atoms with Gasteiger partial charge in [0.25, 0.3) is 0 Å². The summed E-state index contributed by atoms with van der Waals surface area (Å²) in [6.07, 6.45) is 1.90. The molecule has 0 N–H and O–H groups in total. The Balaban J connectivity index is 1.91. The van der Waals surface area contributed by atoms with Crippen LogP contribution in [0.5, 0.6) is 0 Å². The van der Waals surface area contributed by atoms with Crippen LogP contribution in [0.1, 0.15) is 5.56 Å². The van der Waals surface area contributed by atoms with Crippen LogP contribution in [0.2, 0.25) is 0 Å². The number of hydrogen-bond acceptors (Lipinski definition) is 3. The molecule has 2 aromatic carbocycles. The molecule has 0 radical (unpaired) electrons. The van der Waals surface area contributed by atoms with E-state index in [2.05, 4.69) is 58.9 Å². The van der Waals surface area contributed by atoms with E-state index in [1.165, 1.54) is 15.5 Å². The zero-order valence-electron chi connectivity index (χ0n) is 12.5. The molecule has 0 aliphatic carbocycles. The number of nitrogens with zero attached hydrogens (tertiary/aromatic N) is 1.